The molecule has 0 saturated heterocycles. The van der Waals surface area contributed by atoms with Crippen LogP contribution in [0.15, 0.2) is 21.6 Å². The monoisotopic (exact) mass is 333 g/mol. The van der Waals surface area contributed by atoms with Crippen LogP contribution < -0.4 is 0 Å². The fourth-order valence-corrected chi connectivity index (χ4v) is 3.23. The van der Waals surface area contributed by atoms with E-state index >= 15 is 0 Å². The van der Waals surface area contributed by atoms with Crippen LogP contribution in [0.3, 0.4) is 0 Å². The summed E-state index contributed by atoms with van der Waals surface area (Å²) < 4.78 is 0.720. The number of carbonyl (C=O) groups excluding carboxylic acids is 1. The van der Waals surface area contributed by atoms with Crippen LogP contribution in [0.2, 0.25) is 0 Å². The number of pyridine rings is 1. The van der Waals surface area contributed by atoms with Gasteiger partial charge in [0.15, 0.2) is 0 Å². The Labute approximate surface area is 119 Å². The molecule has 0 aliphatic carbocycles. The van der Waals surface area contributed by atoms with Gasteiger partial charge in [0, 0.05) is 4.90 Å². The molecule has 2 nitrogen and oxygen atoms in total. The Kier molecular flexibility index (Phi) is 7.23. The van der Waals surface area contributed by atoms with Crippen LogP contribution >= 0.6 is 39.5 Å². The third-order valence-electron chi connectivity index (χ3n) is 2.05. The lowest BCUT2D eigenvalue weighted by atomic mass is 10.4. The number of aromatic nitrogens is 1. The number of thioether (sulfide) groups is 2. The van der Waals surface area contributed by atoms with Gasteiger partial charge in [-0.1, -0.05) is 32.0 Å². The summed E-state index contributed by atoms with van der Waals surface area (Å²) in [6.45, 7) is 4.14. The second-order valence-corrected chi connectivity index (χ2v) is 6.59. The van der Waals surface area contributed by atoms with E-state index < -0.39 is 0 Å². The van der Waals surface area contributed by atoms with Gasteiger partial charge in [0.2, 0.25) is 5.12 Å². The lowest BCUT2D eigenvalue weighted by Gasteiger charge is -2.07. The summed E-state index contributed by atoms with van der Waals surface area (Å²) in [5.41, 5.74) is 0.590. The first-order valence-electron chi connectivity index (χ1n) is 5.65. The van der Waals surface area contributed by atoms with Gasteiger partial charge in [-0.05, 0) is 46.0 Å². The quantitative estimate of drug-likeness (QED) is 0.431. The van der Waals surface area contributed by atoms with Crippen LogP contribution in [0.5, 0.6) is 0 Å². The van der Waals surface area contributed by atoms with Crippen LogP contribution in [0, 0.1) is 0 Å². The zero-order valence-electron chi connectivity index (χ0n) is 10.0. The van der Waals surface area contributed by atoms with Crippen LogP contribution in [-0.4, -0.2) is 21.6 Å². The minimum absolute atomic E-state index is 0.0628. The largest absolute Gasteiger partial charge is 0.280 e. The summed E-state index contributed by atoms with van der Waals surface area (Å²) in [6.07, 6.45) is 2.33. The molecule has 17 heavy (non-hydrogen) atoms. The first-order chi connectivity index (χ1) is 8.19. The average molecular weight is 334 g/mol. The molecule has 1 rings (SSSR count). The summed E-state index contributed by atoms with van der Waals surface area (Å²) in [5.74, 6) is 1.82. The first-order valence-corrected chi connectivity index (χ1v) is 8.42. The Morgan fingerprint density at radius 2 is 2.18 bits per heavy atom. The number of rotatable bonds is 6. The van der Waals surface area contributed by atoms with Gasteiger partial charge >= 0.3 is 0 Å². The molecule has 0 aliphatic heterocycles. The Morgan fingerprint density at radius 3 is 2.82 bits per heavy atom. The van der Waals surface area contributed by atoms with E-state index in [0.717, 1.165) is 27.4 Å². The molecule has 1 heterocycles. The molecular weight excluding hydrogens is 318 g/mol. The van der Waals surface area contributed by atoms with Crippen molar-refractivity contribution in [2.75, 3.05) is 11.5 Å². The van der Waals surface area contributed by atoms with E-state index in [4.69, 9.17) is 0 Å². The van der Waals surface area contributed by atoms with Gasteiger partial charge in [0.05, 0.1) is 0 Å². The maximum Gasteiger partial charge on any atom is 0.238 e. The molecule has 0 spiro atoms. The van der Waals surface area contributed by atoms with Gasteiger partial charge in [-0.2, -0.15) is 0 Å². The molecule has 0 radical (unpaired) electrons. The highest BCUT2D eigenvalue weighted by Crippen LogP contribution is 2.27. The molecule has 94 valence electrons. The third kappa shape index (κ3) is 5.02. The molecule has 0 aliphatic rings. The normalized spacial score (nSPS) is 10.5. The number of halogens is 1. The summed E-state index contributed by atoms with van der Waals surface area (Å²) in [4.78, 5) is 17.2. The van der Waals surface area contributed by atoms with Gasteiger partial charge in [-0.3, -0.25) is 4.79 Å². The van der Waals surface area contributed by atoms with Crippen molar-refractivity contribution in [1.82, 2.24) is 4.98 Å². The third-order valence-corrected chi connectivity index (χ3v) is 4.37. The van der Waals surface area contributed by atoms with Gasteiger partial charge in [0.25, 0.3) is 0 Å². The summed E-state index contributed by atoms with van der Waals surface area (Å²) >= 11 is 6.34. The Morgan fingerprint density at radius 1 is 1.41 bits per heavy atom. The molecule has 0 aromatic carbocycles. The van der Waals surface area contributed by atoms with E-state index in [1.165, 1.54) is 18.2 Å². The fourth-order valence-electron chi connectivity index (χ4n) is 1.21. The van der Waals surface area contributed by atoms with Crippen molar-refractivity contribution in [1.29, 1.82) is 0 Å². The first kappa shape index (κ1) is 15.1. The van der Waals surface area contributed by atoms with Crippen molar-refractivity contribution in [3.8, 4) is 0 Å². The zero-order chi connectivity index (χ0) is 12.7. The molecule has 0 amide bonds. The van der Waals surface area contributed by atoms with Crippen molar-refractivity contribution in [2.45, 2.75) is 31.6 Å². The Balaban J connectivity index is 2.83. The van der Waals surface area contributed by atoms with E-state index in [2.05, 4.69) is 27.8 Å². The molecule has 0 N–H and O–H groups in total. The van der Waals surface area contributed by atoms with Crippen molar-refractivity contribution in [3.05, 3.63) is 22.4 Å². The van der Waals surface area contributed by atoms with E-state index in [9.17, 15) is 4.79 Å². The molecule has 0 fully saturated rings. The van der Waals surface area contributed by atoms with Crippen molar-refractivity contribution in [3.63, 3.8) is 0 Å². The van der Waals surface area contributed by atoms with E-state index in [1.54, 1.807) is 11.8 Å². The molecule has 0 atom stereocenters. The van der Waals surface area contributed by atoms with Crippen molar-refractivity contribution in [2.24, 2.45) is 0 Å². The van der Waals surface area contributed by atoms with Gasteiger partial charge in [-0.25, -0.2) is 4.98 Å². The molecule has 1 aromatic heterocycles. The maximum absolute atomic E-state index is 11.9. The number of carbonyl (C=O) groups is 1. The number of nitrogens with zero attached hydrogens (tertiary/aromatic N) is 1. The highest BCUT2D eigenvalue weighted by Gasteiger charge is 2.14. The highest BCUT2D eigenvalue weighted by molar-refractivity contribution is 9.10. The van der Waals surface area contributed by atoms with E-state index in [0.29, 0.717) is 5.69 Å². The zero-order valence-corrected chi connectivity index (χ0v) is 13.3. The lowest BCUT2D eigenvalue weighted by molar-refractivity contribution is 0.108. The second-order valence-electron chi connectivity index (χ2n) is 3.40. The number of hydrogen-bond acceptors (Lipinski definition) is 4. The minimum Gasteiger partial charge on any atom is -0.280 e. The number of hydrogen-bond donors (Lipinski definition) is 0. The summed E-state index contributed by atoms with van der Waals surface area (Å²) in [7, 11) is 0. The average Bonchev–Trinajstić information content (AvgIpc) is 2.31. The summed E-state index contributed by atoms with van der Waals surface area (Å²) in [6, 6.07) is 3.86. The summed E-state index contributed by atoms with van der Waals surface area (Å²) in [5, 5.41) is 0.0628. The van der Waals surface area contributed by atoms with E-state index in [1.807, 2.05) is 19.1 Å². The minimum atomic E-state index is 0.0628. The molecule has 0 bridgehead atoms. The molecule has 0 unspecified atom stereocenters. The predicted molar refractivity (Wildman–Crippen MR) is 80.0 cm³/mol. The van der Waals surface area contributed by atoms with Gasteiger partial charge in [-0.15, -0.1) is 11.8 Å². The predicted octanol–water partition coefficient (Wildman–Crippen LogP) is 4.63. The highest BCUT2D eigenvalue weighted by atomic mass is 79.9. The standard InChI is InChI=1S/C12H16BrNOS2/c1-3-5-8-17-9-6-7-10(13)14-11(9)12(15)16-4-2/h6-7H,3-5,8H2,1-2H3. The fraction of sp³-hybridized carbons (Fsp3) is 0.500. The van der Waals surface area contributed by atoms with Crippen LogP contribution in [0.25, 0.3) is 0 Å². The molecule has 5 heteroatoms. The van der Waals surface area contributed by atoms with Crippen LogP contribution in [0.1, 0.15) is 37.2 Å². The lowest BCUT2D eigenvalue weighted by Crippen LogP contribution is -2.01. The molecule has 1 aromatic rings. The Hall–Kier alpha value is -0.000000000000000111. The van der Waals surface area contributed by atoms with Crippen molar-refractivity contribution >= 4 is 44.6 Å². The number of unbranched alkanes of at least 4 members (excludes halogenated alkanes) is 1. The van der Waals surface area contributed by atoms with Crippen LogP contribution in [0.4, 0.5) is 0 Å². The van der Waals surface area contributed by atoms with Gasteiger partial charge < -0.3 is 0 Å². The second kappa shape index (κ2) is 8.16. The smallest absolute Gasteiger partial charge is 0.238 e. The SMILES string of the molecule is CCCCSc1ccc(Br)nc1C(=O)SCC. The Bertz CT molecular complexity index is 385. The molecular formula is C12H16BrNOS2. The maximum atomic E-state index is 11.9. The van der Waals surface area contributed by atoms with E-state index in [-0.39, 0.29) is 5.12 Å². The van der Waals surface area contributed by atoms with Crippen LogP contribution in [-0.2, 0) is 0 Å². The molecule has 0 saturated carbocycles. The van der Waals surface area contributed by atoms with Crippen molar-refractivity contribution < 1.29 is 4.79 Å². The van der Waals surface area contributed by atoms with Gasteiger partial charge in [0.1, 0.15) is 10.3 Å². The topological polar surface area (TPSA) is 30.0 Å².